The third kappa shape index (κ3) is 5.99. The molecule has 0 bridgehead atoms. The van der Waals surface area contributed by atoms with E-state index in [2.05, 4.69) is 15.9 Å². The van der Waals surface area contributed by atoms with Gasteiger partial charge in [-0.1, -0.05) is 15.9 Å². The van der Waals surface area contributed by atoms with Crippen molar-refractivity contribution < 1.29 is 23.1 Å². The monoisotopic (exact) mass is 291 g/mol. The van der Waals surface area contributed by atoms with Crippen molar-refractivity contribution in [3.63, 3.8) is 0 Å². The molecule has 0 aliphatic rings. The average molecular weight is 292 g/mol. The first kappa shape index (κ1) is 14.7. The molecule has 0 unspecified atom stereocenters. The van der Waals surface area contributed by atoms with Gasteiger partial charge in [0.15, 0.2) is 0 Å². The maximum absolute atomic E-state index is 12.1. The number of hydrogen-bond acceptors (Lipinski definition) is 2. The van der Waals surface area contributed by atoms with E-state index in [1.807, 2.05) is 0 Å². The van der Waals surface area contributed by atoms with Gasteiger partial charge in [-0.15, -0.1) is 0 Å². The van der Waals surface area contributed by atoms with Crippen LogP contribution in [-0.4, -0.2) is 46.1 Å². The van der Waals surface area contributed by atoms with Gasteiger partial charge in [0.05, 0.1) is 10.9 Å². The molecule has 0 aromatic heterocycles. The van der Waals surface area contributed by atoms with Crippen molar-refractivity contribution in [3.05, 3.63) is 0 Å². The van der Waals surface area contributed by atoms with Crippen LogP contribution in [0.1, 0.15) is 13.8 Å². The standard InChI is InChI=1S/C8H13BrF3NO2/c1-7(2,9)6(15)13(3-4-14)5-8(10,11)12/h14H,3-5H2,1-2H3. The summed E-state index contributed by atoms with van der Waals surface area (Å²) in [6.07, 6.45) is -4.46. The fourth-order valence-corrected chi connectivity index (χ4v) is 1.22. The van der Waals surface area contributed by atoms with Crippen LogP contribution >= 0.6 is 15.9 Å². The Bertz CT molecular complexity index is 225. The lowest BCUT2D eigenvalue weighted by molar-refractivity contribution is -0.162. The predicted molar refractivity (Wildman–Crippen MR) is 52.7 cm³/mol. The summed E-state index contributed by atoms with van der Waals surface area (Å²) in [5.41, 5.74) is 0. The molecule has 0 aliphatic carbocycles. The van der Waals surface area contributed by atoms with E-state index in [4.69, 9.17) is 5.11 Å². The maximum Gasteiger partial charge on any atom is 0.406 e. The van der Waals surface area contributed by atoms with E-state index in [-0.39, 0.29) is 6.54 Å². The normalized spacial score (nSPS) is 12.7. The van der Waals surface area contributed by atoms with E-state index in [0.29, 0.717) is 4.90 Å². The van der Waals surface area contributed by atoms with Crippen LogP contribution in [-0.2, 0) is 4.79 Å². The highest BCUT2D eigenvalue weighted by Gasteiger charge is 2.37. The Balaban J connectivity index is 4.60. The van der Waals surface area contributed by atoms with Crippen molar-refractivity contribution >= 4 is 21.8 Å². The van der Waals surface area contributed by atoms with Crippen LogP contribution < -0.4 is 0 Å². The molecule has 0 saturated carbocycles. The number of aliphatic hydroxyl groups is 1. The molecule has 0 aromatic carbocycles. The molecule has 0 atom stereocenters. The van der Waals surface area contributed by atoms with Gasteiger partial charge in [-0.05, 0) is 13.8 Å². The van der Waals surface area contributed by atoms with Crippen molar-refractivity contribution in [3.8, 4) is 0 Å². The van der Waals surface area contributed by atoms with E-state index in [0.717, 1.165) is 0 Å². The molecule has 0 fully saturated rings. The fraction of sp³-hybridized carbons (Fsp3) is 0.875. The lowest BCUT2D eigenvalue weighted by atomic mass is 10.2. The van der Waals surface area contributed by atoms with Gasteiger partial charge in [0.2, 0.25) is 5.91 Å². The van der Waals surface area contributed by atoms with Gasteiger partial charge < -0.3 is 10.0 Å². The highest BCUT2D eigenvalue weighted by Crippen LogP contribution is 2.23. The summed E-state index contributed by atoms with van der Waals surface area (Å²) >= 11 is 2.98. The summed E-state index contributed by atoms with van der Waals surface area (Å²) in [6, 6.07) is 0. The van der Waals surface area contributed by atoms with Crippen LogP contribution in [0.2, 0.25) is 0 Å². The van der Waals surface area contributed by atoms with Crippen LogP contribution in [0.4, 0.5) is 13.2 Å². The molecule has 1 amide bonds. The fourth-order valence-electron chi connectivity index (χ4n) is 0.966. The topological polar surface area (TPSA) is 40.5 Å². The van der Waals surface area contributed by atoms with E-state index in [9.17, 15) is 18.0 Å². The summed E-state index contributed by atoms with van der Waals surface area (Å²) in [4.78, 5) is 12.1. The number of carbonyl (C=O) groups excluding carboxylic acids is 1. The number of alkyl halides is 4. The molecular weight excluding hydrogens is 279 g/mol. The summed E-state index contributed by atoms with van der Waals surface area (Å²) in [5.74, 6) is -0.700. The van der Waals surface area contributed by atoms with Gasteiger partial charge >= 0.3 is 6.18 Å². The Labute approximate surface area is 94.4 Å². The van der Waals surface area contributed by atoms with E-state index in [1.54, 1.807) is 0 Å². The zero-order valence-corrected chi connectivity index (χ0v) is 10.0. The van der Waals surface area contributed by atoms with Gasteiger partial charge in [0.25, 0.3) is 0 Å². The first-order valence-corrected chi connectivity index (χ1v) is 5.03. The van der Waals surface area contributed by atoms with Crippen molar-refractivity contribution in [1.82, 2.24) is 4.90 Å². The maximum atomic E-state index is 12.1. The molecule has 90 valence electrons. The second-order valence-corrected chi connectivity index (χ2v) is 5.52. The van der Waals surface area contributed by atoms with Gasteiger partial charge in [-0.25, -0.2) is 0 Å². The number of amides is 1. The van der Waals surface area contributed by atoms with Crippen molar-refractivity contribution in [2.45, 2.75) is 24.3 Å². The van der Waals surface area contributed by atoms with Gasteiger partial charge in [0, 0.05) is 6.54 Å². The summed E-state index contributed by atoms with van der Waals surface area (Å²) in [5, 5.41) is 8.57. The number of nitrogens with zero attached hydrogens (tertiary/aromatic N) is 1. The molecule has 7 heteroatoms. The minimum absolute atomic E-state index is 0.326. The van der Waals surface area contributed by atoms with Crippen LogP contribution in [0.25, 0.3) is 0 Å². The minimum Gasteiger partial charge on any atom is -0.395 e. The Morgan fingerprint density at radius 3 is 2.13 bits per heavy atom. The smallest absolute Gasteiger partial charge is 0.395 e. The zero-order chi connectivity index (χ0) is 12.3. The van der Waals surface area contributed by atoms with E-state index < -0.39 is 29.6 Å². The lowest BCUT2D eigenvalue weighted by Crippen LogP contribution is -2.47. The molecular formula is C8H13BrF3NO2. The van der Waals surface area contributed by atoms with Gasteiger partial charge in [0.1, 0.15) is 6.54 Å². The Morgan fingerprint density at radius 1 is 1.40 bits per heavy atom. The Morgan fingerprint density at radius 2 is 1.87 bits per heavy atom. The molecule has 1 N–H and O–H groups in total. The number of halogens is 4. The number of carbonyl (C=O) groups is 1. The highest BCUT2D eigenvalue weighted by molar-refractivity contribution is 9.10. The molecule has 0 spiro atoms. The number of rotatable bonds is 4. The average Bonchev–Trinajstić information content (AvgIpc) is 1.98. The molecule has 0 aliphatic heterocycles. The molecule has 0 radical (unpaired) electrons. The van der Waals surface area contributed by atoms with Gasteiger partial charge in [-0.3, -0.25) is 4.79 Å². The van der Waals surface area contributed by atoms with Crippen LogP contribution in [0, 0.1) is 0 Å². The predicted octanol–water partition coefficient (Wildman–Crippen LogP) is 1.54. The Kier molecular flexibility index (Phi) is 5.05. The number of hydrogen-bond donors (Lipinski definition) is 1. The molecule has 3 nitrogen and oxygen atoms in total. The van der Waals surface area contributed by atoms with E-state index in [1.165, 1.54) is 13.8 Å². The zero-order valence-electron chi connectivity index (χ0n) is 8.44. The summed E-state index contributed by atoms with van der Waals surface area (Å²) < 4.78 is 35.2. The minimum atomic E-state index is -4.46. The molecule has 0 aromatic rings. The largest absolute Gasteiger partial charge is 0.406 e. The third-order valence-electron chi connectivity index (χ3n) is 1.54. The van der Waals surface area contributed by atoms with Crippen LogP contribution in [0.15, 0.2) is 0 Å². The first-order valence-electron chi connectivity index (χ1n) is 4.24. The highest BCUT2D eigenvalue weighted by atomic mass is 79.9. The SMILES string of the molecule is CC(C)(Br)C(=O)N(CCO)CC(F)(F)F. The summed E-state index contributed by atoms with van der Waals surface area (Å²) in [7, 11) is 0. The third-order valence-corrected chi connectivity index (χ3v) is 1.88. The van der Waals surface area contributed by atoms with Gasteiger partial charge in [-0.2, -0.15) is 13.2 Å². The quantitative estimate of drug-likeness (QED) is 0.799. The van der Waals surface area contributed by atoms with Crippen LogP contribution in [0.3, 0.4) is 0 Å². The summed E-state index contributed by atoms with van der Waals surface area (Å²) in [6.45, 7) is 0.742. The molecule has 0 rings (SSSR count). The second kappa shape index (κ2) is 5.16. The van der Waals surface area contributed by atoms with Crippen LogP contribution in [0.5, 0.6) is 0 Å². The Hall–Kier alpha value is -0.300. The van der Waals surface area contributed by atoms with Crippen molar-refractivity contribution in [2.24, 2.45) is 0 Å². The van der Waals surface area contributed by atoms with Crippen molar-refractivity contribution in [2.75, 3.05) is 19.7 Å². The first-order chi connectivity index (χ1) is 6.58. The lowest BCUT2D eigenvalue weighted by Gasteiger charge is -2.28. The molecule has 0 saturated heterocycles. The molecule has 15 heavy (non-hydrogen) atoms. The molecule has 0 heterocycles. The van der Waals surface area contributed by atoms with Crippen molar-refractivity contribution in [1.29, 1.82) is 0 Å². The second-order valence-electron chi connectivity index (χ2n) is 3.54. The number of aliphatic hydroxyl groups excluding tert-OH is 1. The van der Waals surface area contributed by atoms with E-state index >= 15 is 0 Å².